The van der Waals surface area contributed by atoms with Gasteiger partial charge >= 0.3 is 0 Å². The topological polar surface area (TPSA) is 51.8 Å². The van der Waals surface area contributed by atoms with Gasteiger partial charge in [0.05, 0.1) is 0 Å². The second-order valence-electron chi connectivity index (χ2n) is 18.4. The Kier molecular flexibility index (Phi) is 8.55. The third-order valence-corrected chi connectivity index (χ3v) is 14.3. The summed E-state index contributed by atoms with van der Waals surface area (Å²) in [6, 6.07) is 54.7. The van der Waals surface area contributed by atoms with Crippen LogP contribution < -0.4 is 0 Å². The Balaban J connectivity index is 1.05. The maximum absolute atomic E-state index is 7.33. The Hall–Kier alpha value is -7.69. The Labute approximate surface area is 379 Å². The Morgan fingerprint density at radius 2 is 1.23 bits per heavy atom. The SMILES string of the molecule is CC1(C)c2ccccc2-c2ccc3c(c21)C(c1cccc2c1oc1cc(-c4ccccc4)cc(-c4nc(C5=CCCC=C5)nc(-c5ccc(-c6ccccc6)cc5)n4)c12)C1=C3C=CCC1. The van der Waals surface area contributed by atoms with E-state index in [1.807, 2.05) is 0 Å². The zero-order valence-corrected chi connectivity index (χ0v) is 36.5. The molecule has 0 saturated heterocycles. The van der Waals surface area contributed by atoms with Crippen LogP contribution in [0.5, 0.6) is 0 Å². The molecule has 0 radical (unpaired) electrons. The van der Waals surface area contributed by atoms with Crippen molar-refractivity contribution in [1.82, 2.24) is 15.0 Å². The first-order valence-electron chi connectivity index (χ1n) is 23.0. The summed E-state index contributed by atoms with van der Waals surface area (Å²) in [5, 5.41) is 2.08. The van der Waals surface area contributed by atoms with Crippen molar-refractivity contribution < 1.29 is 4.42 Å². The third-order valence-electron chi connectivity index (χ3n) is 14.3. The van der Waals surface area contributed by atoms with Crippen molar-refractivity contribution in [2.75, 3.05) is 0 Å². The highest BCUT2D eigenvalue weighted by Gasteiger charge is 2.44. The number of rotatable bonds is 6. The van der Waals surface area contributed by atoms with Crippen molar-refractivity contribution in [3.05, 3.63) is 221 Å². The van der Waals surface area contributed by atoms with Gasteiger partial charge in [0.1, 0.15) is 11.2 Å². The van der Waals surface area contributed by atoms with Gasteiger partial charge in [-0.1, -0.05) is 184 Å². The molecule has 4 heteroatoms. The first-order chi connectivity index (χ1) is 32.0. The van der Waals surface area contributed by atoms with E-state index < -0.39 is 0 Å². The van der Waals surface area contributed by atoms with Crippen LogP contribution in [-0.2, 0) is 5.41 Å². The summed E-state index contributed by atoms with van der Waals surface area (Å²) in [6.07, 6.45) is 15.3. The molecule has 13 rings (SSSR count). The molecule has 0 amide bonds. The fourth-order valence-electron chi connectivity index (χ4n) is 11.3. The number of allylic oxidation sites excluding steroid dienone is 8. The minimum absolute atomic E-state index is 0.0501. The summed E-state index contributed by atoms with van der Waals surface area (Å²) in [5.41, 5.74) is 21.3. The molecule has 1 atom stereocenters. The van der Waals surface area contributed by atoms with E-state index in [9.17, 15) is 0 Å². The van der Waals surface area contributed by atoms with E-state index in [2.05, 4.69) is 196 Å². The van der Waals surface area contributed by atoms with E-state index in [1.54, 1.807) is 0 Å². The number of furan rings is 1. The highest BCUT2D eigenvalue weighted by molar-refractivity contribution is 6.14. The average Bonchev–Trinajstić information content (AvgIpc) is 4.00. The lowest BCUT2D eigenvalue weighted by atomic mass is 9.75. The monoisotopic (exact) mass is 835 g/mol. The van der Waals surface area contributed by atoms with Gasteiger partial charge in [0.25, 0.3) is 0 Å². The predicted octanol–water partition coefficient (Wildman–Crippen LogP) is 15.7. The molecule has 0 N–H and O–H groups in total. The average molecular weight is 836 g/mol. The van der Waals surface area contributed by atoms with Crippen molar-refractivity contribution in [3.63, 3.8) is 0 Å². The summed E-state index contributed by atoms with van der Waals surface area (Å²) >= 11 is 0. The predicted molar refractivity (Wildman–Crippen MR) is 266 cm³/mol. The molecule has 310 valence electrons. The number of benzene rings is 7. The quantitative estimate of drug-likeness (QED) is 0.167. The molecule has 0 fully saturated rings. The molecular weight excluding hydrogens is 791 g/mol. The summed E-state index contributed by atoms with van der Waals surface area (Å²) in [5.74, 6) is 1.98. The number of fused-ring (bicyclic) bond motifs is 9. The van der Waals surface area contributed by atoms with Crippen molar-refractivity contribution in [3.8, 4) is 56.2 Å². The second-order valence-corrected chi connectivity index (χ2v) is 18.4. The number of aromatic nitrogens is 3. The standard InChI is InChI=1S/C61H45N3O/c1-61(2)51-28-15-14-24-44(51)47-34-33-46-43-23-12-13-25-45(43)54(55(46)56(47)61)49-27-16-26-48-53-50(35-42(36-52(53)65-57(48)49)38-19-8-4-9-20-38)60-63-58(40-21-10-5-11-22-40)62-59(64-60)41-31-29-39(30-32-41)37-17-6-3-7-18-37/h3-4,6-10,12,14-24,26-36,54H,5,11,13,25H2,1-2H3. The van der Waals surface area contributed by atoms with Crippen molar-refractivity contribution in [1.29, 1.82) is 0 Å². The van der Waals surface area contributed by atoms with Gasteiger partial charge in [-0.05, 0) is 105 Å². The van der Waals surface area contributed by atoms with Crippen molar-refractivity contribution >= 4 is 33.1 Å². The van der Waals surface area contributed by atoms with Crippen LogP contribution in [0, 0.1) is 0 Å². The molecule has 9 aromatic rings. The van der Waals surface area contributed by atoms with E-state index in [1.165, 1.54) is 55.7 Å². The minimum Gasteiger partial charge on any atom is -0.456 e. The number of hydrogen-bond donors (Lipinski definition) is 0. The first-order valence-corrected chi connectivity index (χ1v) is 23.0. The molecule has 2 aromatic heterocycles. The fourth-order valence-corrected chi connectivity index (χ4v) is 11.3. The van der Waals surface area contributed by atoms with Crippen LogP contribution in [-0.4, -0.2) is 15.0 Å². The third kappa shape index (κ3) is 5.93. The number of hydrogen-bond acceptors (Lipinski definition) is 4. The van der Waals surface area contributed by atoms with Crippen LogP contribution in [0.3, 0.4) is 0 Å². The van der Waals surface area contributed by atoms with Gasteiger partial charge in [-0.2, -0.15) is 0 Å². The van der Waals surface area contributed by atoms with E-state index in [-0.39, 0.29) is 11.3 Å². The maximum atomic E-state index is 7.33. The smallest absolute Gasteiger partial charge is 0.164 e. The zero-order valence-electron chi connectivity index (χ0n) is 36.5. The van der Waals surface area contributed by atoms with E-state index >= 15 is 0 Å². The summed E-state index contributed by atoms with van der Waals surface area (Å²) in [4.78, 5) is 15.9. The Bertz CT molecular complexity index is 3550. The van der Waals surface area contributed by atoms with E-state index in [4.69, 9.17) is 19.4 Å². The lowest BCUT2D eigenvalue weighted by molar-refractivity contribution is 0.641. The van der Waals surface area contributed by atoms with Gasteiger partial charge in [-0.25, -0.2) is 15.0 Å². The molecule has 65 heavy (non-hydrogen) atoms. The van der Waals surface area contributed by atoms with Gasteiger partial charge < -0.3 is 4.42 Å². The van der Waals surface area contributed by atoms with E-state index in [0.717, 1.165) is 81.0 Å². The second kappa shape index (κ2) is 14.7. The molecule has 1 unspecified atom stereocenters. The molecule has 4 aliphatic carbocycles. The summed E-state index contributed by atoms with van der Waals surface area (Å²) in [7, 11) is 0. The van der Waals surface area contributed by atoms with Crippen molar-refractivity contribution in [2.24, 2.45) is 0 Å². The van der Waals surface area contributed by atoms with Gasteiger partial charge in [0.15, 0.2) is 17.5 Å². The van der Waals surface area contributed by atoms with Crippen LogP contribution in [0.25, 0.3) is 89.2 Å². The van der Waals surface area contributed by atoms with Crippen LogP contribution in [0.1, 0.15) is 79.1 Å². The summed E-state index contributed by atoms with van der Waals surface area (Å²) < 4.78 is 7.33. The molecule has 0 saturated carbocycles. The van der Waals surface area contributed by atoms with Crippen LogP contribution in [0.2, 0.25) is 0 Å². The number of nitrogens with zero attached hydrogens (tertiary/aromatic N) is 3. The van der Waals surface area contributed by atoms with Gasteiger partial charge in [0.2, 0.25) is 0 Å². The summed E-state index contributed by atoms with van der Waals surface area (Å²) in [6.45, 7) is 4.82. The minimum atomic E-state index is -0.160. The molecule has 7 aromatic carbocycles. The largest absolute Gasteiger partial charge is 0.456 e. The normalized spacial score (nSPS) is 16.7. The van der Waals surface area contributed by atoms with Crippen LogP contribution in [0.4, 0.5) is 0 Å². The molecule has 4 aliphatic rings. The van der Waals surface area contributed by atoms with Crippen molar-refractivity contribution in [2.45, 2.75) is 50.9 Å². The van der Waals surface area contributed by atoms with Gasteiger partial charge in [-0.3, -0.25) is 0 Å². The highest BCUT2D eigenvalue weighted by atomic mass is 16.3. The maximum Gasteiger partial charge on any atom is 0.164 e. The molecule has 0 aliphatic heterocycles. The Morgan fingerprint density at radius 1 is 0.538 bits per heavy atom. The Morgan fingerprint density at radius 3 is 2.03 bits per heavy atom. The molecule has 0 bridgehead atoms. The fraction of sp³-hybridized carbons (Fsp3) is 0.131. The first kappa shape index (κ1) is 37.8. The zero-order chi connectivity index (χ0) is 43.2. The molecule has 4 nitrogen and oxygen atoms in total. The highest BCUT2D eigenvalue weighted by Crippen LogP contribution is 2.59. The van der Waals surface area contributed by atoms with Crippen LogP contribution in [0.15, 0.2) is 192 Å². The molecule has 2 heterocycles. The molecular formula is C61H45N3O. The lowest BCUT2D eigenvalue weighted by Crippen LogP contribution is -2.19. The van der Waals surface area contributed by atoms with Crippen LogP contribution >= 0.6 is 0 Å². The van der Waals surface area contributed by atoms with E-state index in [0.29, 0.717) is 17.5 Å². The molecule has 0 spiro atoms. The lowest BCUT2D eigenvalue weighted by Gasteiger charge is -2.28. The van der Waals surface area contributed by atoms with Gasteiger partial charge in [-0.15, -0.1) is 0 Å². The number of para-hydroxylation sites is 1. The van der Waals surface area contributed by atoms with Gasteiger partial charge in [0, 0.05) is 44.4 Å².